The second-order valence-corrected chi connectivity index (χ2v) is 8.06. The van der Waals surface area contributed by atoms with Crippen molar-refractivity contribution in [2.45, 2.75) is 18.8 Å². The second kappa shape index (κ2) is 8.21. The van der Waals surface area contributed by atoms with Crippen molar-refractivity contribution in [3.05, 3.63) is 70.9 Å². The number of aryl methyl sites for hydroxylation is 2. The third-order valence-corrected chi connectivity index (χ3v) is 6.14. The molecule has 2 aromatic carbocycles. The van der Waals surface area contributed by atoms with E-state index in [9.17, 15) is 4.79 Å². The molecule has 1 unspecified atom stereocenters. The Morgan fingerprint density at radius 1 is 1.24 bits per heavy atom. The number of amides is 1. The first kappa shape index (κ1) is 19.4. The molecule has 1 N–H and O–H groups in total. The molecule has 29 heavy (non-hydrogen) atoms. The zero-order chi connectivity index (χ0) is 20.4. The van der Waals surface area contributed by atoms with Crippen LogP contribution < -0.4 is 14.8 Å². The lowest BCUT2D eigenvalue weighted by molar-refractivity contribution is -0.113. The average Bonchev–Trinajstić information content (AvgIpc) is 2.97. The maximum Gasteiger partial charge on any atom is 0.235 e. The lowest BCUT2D eigenvalue weighted by atomic mass is 10.0. The Balaban J connectivity index is 1.73. The number of thioether (sulfide) groups is 1. The Morgan fingerprint density at radius 3 is 2.86 bits per heavy atom. The first-order valence-electron chi connectivity index (χ1n) is 9.35. The molecule has 0 saturated carbocycles. The second-order valence-electron chi connectivity index (χ2n) is 6.97. The molecule has 0 spiro atoms. The number of carbonyl (C=O) groups is 1. The van der Waals surface area contributed by atoms with Crippen molar-refractivity contribution >= 4 is 23.5 Å². The fourth-order valence-corrected chi connectivity index (χ4v) is 4.59. The van der Waals surface area contributed by atoms with Gasteiger partial charge in [0.1, 0.15) is 12.4 Å². The molecular weight excluding hydrogens is 386 g/mol. The maximum atomic E-state index is 12.2. The number of anilines is 1. The summed E-state index contributed by atoms with van der Waals surface area (Å²) in [7, 11) is 3.46. The quantitative estimate of drug-likeness (QED) is 0.688. The normalized spacial score (nSPS) is 16.0. The largest absolute Gasteiger partial charge is 0.493 e. The summed E-state index contributed by atoms with van der Waals surface area (Å²) in [4.78, 5) is 12.2. The summed E-state index contributed by atoms with van der Waals surface area (Å²) < 4.78 is 13.6. The van der Waals surface area contributed by atoms with Crippen LogP contribution in [0.1, 0.15) is 27.5 Å². The molecule has 1 amide bonds. The summed E-state index contributed by atoms with van der Waals surface area (Å²) in [6.07, 6.45) is 1.81. The predicted octanol–water partition coefficient (Wildman–Crippen LogP) is 4.09. The molecule has 3 aromatic rings. The van der Waals surface area contributed by atoms with Gasteiger partial charge >= 0.3 is 0 Å². The van der Waals surface area contributed by atoms with Gasteiger partial charge in [0.15, 0.2) is 11.5 Å². The topological polar surface area (TPSA) is 65.4 Å². The van der Waals surface area contributed by atoms with E-state index < -0.39 is 0 Å². The van der Waals surface area contributed by atoms with E-state index in [2.05, 4.69) is 29.5 Å². The summed E-state index contributed by atoms with van der Waals surface area (Å²) in [6.45, 7) is 2.50. The summed E-state index contributed by atoms with van der Waals surface area (Å²) in [5.41, 5.74) is 4.20. The average molecular weight is 410 g/mol. The van der Waals surface area contributed by atoms with Gasteiger partial charge in [-0.1, -0.05) is 42.0 Å². The van der Waals surface area contributed by atoms with Crippen LogP contribution in [0, 0.1) is 6.92 Å². The van der Waals surface area contributed by atoms with Gasteiger partial charge in [0, 0.05) is 18.2 Å². The van der Waals surface area contributed by atoms with Gasteiger partial charge in [0.25, 0.3) is 0 Å². The molecule has 1 atom stereocenters. The van der Waals surface area contributed by atoms with Crippen molar-refractivity contribution in [1.29, 1.82) is 0 Å². The number of nitrogens with zero attached hydrogens (tertiary/aromatic N) is 2. The zero-order valence-electron chi connectivity index (χ0n) is 16.6. The highest BCUT2D eigenvalue weighted by atomic mass is 32.2. The number of para-hydroxylation sites is 1. The molecule has 0 radical (unpaired) electrons. The lowest BCUT2D eigenvalue weighted by Crippen LogP contribution is -2.15. The van der Waals surface area contributed by atoms with Gasteiger partial charge in [-0.3, -0.25) is 9.48 Å². The summed E-state index contributed by atoms with van der Waals surface area (Å²) >= 11 is 1.56. The van der Waals surface area contributed by atoms with Crippen LogP contribution in [-0.4, -0.2) is 28.6 Å². The van der Waals surface area contributed by atoms with Gasteiger partial charge in [0.05, 0.1) is 24.3 Å². The number of benzene rings is 2. The van der Waals surface area contributed by atoms with Crippen LogP contribution in [-0.2, 0) is 18.4 Å². The van der Waals surface area contributed by atoms with Crippen molar-refractivity contribution < 1.29 is 14.3 Å². The molecule has 4 rings (SSSR count). The molecule has 1 aromatic heterocycles. The van der Waals surface area contributed by atoms with Crippen LogP contribution >= 0.6 is 11.8 Å². The summed E-state index contributed by atoms with van der Waals surface area (Å²) in [5, 5.41) is 7.20. The van der Waals surface area contributed by atoms with Crippen molar-refractivity contribution in [3.63, 3.8) is 0 Å². The van der Waals surface area contributed by atoms with Crippen molar-refractivity contribution in [1.82, 2.24) is 9.78 Å². The Labute approximate surface area is 174 Å². The van der Waals surface area contributed by atoms with E-state index in [1.165, 1.54) is 5.56 Å². The number of hydrogen-bond donors (Lipinski definition) is 1. The van der Waals surface area contributed by atoms with Gasteiger partial charge in [-0.15, -0.1) is 11.8 Å². The van der Waals surface area contributed by atoms with Crippen LogP contribution in [0.5, 0.6) is 11.5 Å². The number of rotatable bonds is 5. The highest BCUT2D eigenvalue weighted by Crippen LogP contribution is 2.47. The van der Waals surface area contributed by atoms with E-state index in [1.54, 1.807) is 23.6 Å². The molecule has 2 heterocycles. The predicted molar refractivity (Wildman–Crippen MR) is 115 cm³/mol. The first-order chi connectivity index (χ1) is 14.1. The van der Waals surface area contributed by atoms with E-state index in [4.69, 9.17) is 9.47 Å². The molecule has 150 valence electrons. The van der Waals surface area contributed by atoms with Gasteiger partial charge in [-0.2, -0.15) is 5.10 Å². The fourth-order valence-electron chi connectivity index (χ4n) is 3.49. The van der Waals surface area contributed by atoms with Gasteiger partial charge in [-0.25, -0.2) is 0 Å². The highest BCUT2D eigenvalue weighted by Gasteiger charge is 2.30. The van der Waals surface area contributed by atoms with Gasteiger partial charge < -0.3 is 14.8 Å². The number of methoxy groups -OCH3 is 1. The van der Waals surface area contributed by atoms with E-state index >= 15 is 0 Å². The van der Waals surface area contributed by atoms with Crippen molar-refractivity contribution in [2.75, 3.05) is 18.2 Å². The van der Waals surface area contributed by atoms with E-state index in [1.807, 2.05) is 43.6 Å². The minimum atomic E-state index is -0.0970. The third-order valence-electron chi connectivity index (χ3n) is 4.87. The molecule has 0 saturated heterocycles. The minimum Gasteiger partial charge on any atom is -0.493 e. The number of aromatic nitrogens is 2. The van der Waals surface area contributed by atoms with Crippen LogP contribution in [0.15, 0.2) is 48.7 Å². The van der Waals surface area contributed by atoms with Crippen LogP contribution in [0.2, 0.25) is 0 Å². The molecule has 0 bridgehead atoms. The Bertz CT molecular complexity index is 1050. The zero-order valence-corrected chi connectivity index (χ0v) is 17.5. The SMILES string of the molecule is COc1cccc(C2SCC(=O)Nc3c2cnn3C)c1OCc1cccc(C)c1. The molecule has 0 fully saturated rings. The molecule has 1 aliphatic heterocycles. The number of carbonyl (C=O) groups excluding carboxylic acids is 1. The smallest absolute Gasteiger partial charge is 0.235 e. The Kier molecular flexibility index (Phi) is 5.49. The molecule has 0 aliphatic carbocycles. The highest BCUT2D eigenvalue weighted by molar-refractivity contribution is 8.00. The van der Waals surface area contributed by atoms with Crippen LogP contribution in [0.3, 0.4) is 0 Å². The number of hydrogen-bond acceptors (Lipinski definition) is 5. The van der Waals surface area contributed by atoms with E-state index in [-0.39, 0.29) is 11.2 Å². The van der Waals surface area contributed by atoms with Gasteiger partial charge in [-0.05, 0) is 18.6 Å². The molecule has 7 heteroatoms. The third kappa shape index (κ3) is 3.96. The number of fused-ring (bicyclic) bond motifs is 1. The maximum absolute atomic E-state index is 12.2. The van der Waals surface area contributed by atoms with Crippen LogP contribution in [0.4, 0.5) is 5.82 Å². The van der Waals surface area contributed by atoms with Gasteiger partial charge in [0.2, 0.25) is 5.91 Å². The Morgan fingerprint density at radius 2 is 2.07 bits per heavy atom. The standard InChI is InChI=1S/C22H23N3O3S/c1-14-6-4-7-15(10-14)12-28-20-16(8-5-9-18(20)27-3)21-17-11-23-25(2)22(17)24-19(26)13-29-21/h4-11,21H,12-13H2,1-3H3,(H,24,26). The monoisotopic (exact) mass is 409 g/mol. The number of nitrogens with one attached hydrogen (secondary N) is 1. The lowest BCUT2D eigenvalue weighted by Gasteiger charge is -2.20. The summed E-state index contributed by atoms with van der Waals surface area (Å²) in [5.74, 6) is 2.40. The Hall–Kier alpha value is -2.93. The van der Waals surface area contributed by atoms with E-state index in [0.29, 0.717) is 23.9 Å². The van der Waals surface area contributed by atoms with Crippen LogP contribution in [0.25, 0.3) is 0 Å². The van der Waals surface area contributed by atoms with Crippen molar-refractivity contribution in [3.8, 4) is 11.5 Å². The number of ether oxygens (including phenoxy) is 2. The minimum absolute atomic E-state index is 0.0347. The van der Waals surface area contributed by atoms with Crippen molar-refractivity contribution in [2.24, 2.45) is 7.05 Å². The van der Waals surface area contributed by atoms with E-state index in [0.717, 1.165) is 22.5 Å². The first-order valence-corrected chi connectivity index (χ1v) is 10.4. The molecule has 1 aliphatic rings. The fraction of sp³-hybridized carbons (Fsp3) is 0.273. The molecular formula is C22H23N3O3S. The molecule has 6 nitrogen and oxygen atoms in total. The summed E-state index contributed by atoms with van der Waals surface area (Å²) in [6, 6.07) is 14.1.